The Kier molecular flexibility index (Phi) is 3.19. The lowest BCUT2D eigenvalue weighted by molar-refractivity contribution is -0.142. The van der Waals surface area contributed by atoms with Crippen LogP contribution in [-0.4, -0.2) is 38.0 Å². The Balaban J connectivity index is 1.94. The summed E-state index contributed by atoms with van der Waals surface area (Å²) in [6, 6.07) is 0. The molecule has 7 nitrogen and oxygen atoms in total. The van der Waals surface area contributed by atoms with Crippen molar-refractivity contribution in [1.29, 1.82) is 0 Å². The van der Waals surface area contributed by atoms with Gasteiger partial charge in [-0.05, 0) is 12.8 Å². The lowest BCUT2D eigenvalue weighted by Gasteiger charge is -2.11. The van der Waals surface area contributed by atoms with Gasteiger partial charge in [-0.2, -0.15) is 9.61 Å². The van der Waals surface area contributed by atoms with E-state index in [0.717, 1.165) is 24.3 Å². The monoisotopic (exact) mass is 282 g/mol. The van der Waals surface area contributed by atoms with E-state index in [2.05, 4.69) is 15.3 Å². The minimum atomic E-state index is -0.731. The Morgan fingerprint density at radius 1 is 1.53 bits per heavy atom. The molecule has 0 amide bonds. The lowest BCUT2D eigenvalue weighted by Crippen LogP contribution is -2.17. The molecule has 0 radical (unpaired) electrons. The van der Waals surface area contributed by atoms with Crippen molar-refractivity contribution in [1.82, 2.24) is 19.8 Å². The highest BCUT2D eigenvalue weighted by atomic mass is 32.1. The zero-order chi connectivity index (χ0) is 13.4. The van der Waals surface area contributed by atoms with Crippen molar-refractivity contribution >= 4 is 22.3 Å². The van der Waals surface area contributed by atoms with E-state index in [-0.39, 0.29) is 11.8 Å². The molecule has 0 saturated heterocycles. The van der Waals surface area contributed by atoms with E-state index < -0.39 is 5.97 Å². The molecule has 2 aromatic heterocycles. The molecule has 0 bridgehead atoms. The minimum Gasteiger partial charge on any atom is -0.481 e. The van der Waals surface area contributed by atoms with Crippen molar-refractivity contribution < 1.29 is 14.6 Å². The van der Waals surface area contributed by atoms with Crippen molar-refractivity contribution in [3.63, 3.8) is 0 Å². The van der Waals surface area contributed by atoms with Crippen LogP contribution < -0.4 is 0 Å². The van der Waals surface area contributed by atoms with Crippen LogP contribution in [0.5, 0.6) is 0 Å². The van der Waals surface area contributed by atoms with Crippen LogP contribution >= 0.6 is 11.3 Å². The standard InChI is InChI=1S/C11H14N4O3S/c1-18-5-8-12-13-11-15(8)14-9(19-11)6-3-2-4-7(6)10(16)17/h6-7H,2-5H2,1H3,(H,16,17). The molecule has 3 rings (SSSR count). The molecule has 102 valence electrons. The predicted octanol–water partition coefficient (Wildman–Crippen LogP) is 1.30. The third kappa shape index (κ3) is 2.10. The first-order chi connectivity index (χ1) is 9.20. The highest BCUT2D eigenvalue weighted by Crippen LogP contribution is 2.41. The average molecular weight is 282 g/mol. The van der Waals surface area contributed by atoms with Gasteiger partial charge in [-0.1, -0.05) is 17.8 Å². The molecule has 2 unspecified atom stereocenters. The zero-order valence-electron chi connectivity index (χ0n) is 10.4. The minimum absolute atomic E-state index is 0.000375. The second-order valence-corrected chi connectivity index (χ2v) is 5.65. The maximum atomic E-state index is 11.2. The normalized spacial score (nSPS) is 23.2. The Hall–Kier alpha value is -1.54. The first kappa shape index (κ1) is 12.5. The van der Waals surface area contributed by atoms with Gasteiger partial charge in [-0.25, -0.2) is 0 Å². The number of ether oxygens (including phenoxy) is 1. The molecule has 1 aliphatic carbocycles. The van der Waals surface area contributed by atoms with E-state index in [9.17, 15) is 9.90 Å². The average Bonchev–Trinajstić information content (AvgIpc) is 3.03. The number of methoxy groups -OCH3 is 1. The quantitative estimate of drug-likeness (QED) is 0.909. The van der Waals surface area contributed by atoms with Crippen molar-refractivity contribution in [3.8, 4) is 0 Å². The fourth-order valence-electron chi connectivity index (χ4n) is 2.59. The van der Waals surface area contributed by atoms with Crippen LogP contribution in [0.3, 0.4) is 0 Å². The van der Waals surface area contributed by atoms with Crippen LogP contribution in [-0.2, 0) is 16.1 Å². The van der Waals surface area contributed by atoms with Gasteiger partial charge in [0.05, 0.1) is 5.92 Å². The number of rotatable bonds is 4. The van der Waals surface area contributed by atoms with E-state index in [1.165, 1.54) is 11.3 Å². The van der Waals surface area contributed by atoms with Gasteiger partial charge in [0, 0.05) is 13.0 Å². The Morgan fingerprint density at radius 3 is 3.11 bits per heavy atom. The first-order valence-corrected chi connectivity index (χ1v) is 6.95. The van der Waals surface area contributed by atoms with E-state index >= 15 is 0 Å². The van der Waals surface area contributed by atoms with Crippen LogP contribution in [0.15, 0.2) is 0 Å². The van der Waals surface area contributed by atoms with E-state index in [1.807, 2.05) is 0 Å². The summed E-state index contributed by atoms with van der Waals surface area (Å²) in [6.45, 7) is 0.345. The number of hydrogen-bond acceptors (Lipinski definition) is 6. The molecule has 2 heterocycles. The maximum absolute atomic E-state index is 11.2. The Bertz CT molecular complexity index is 608. The second kappa shape index (κ2) is 4.86. The van der Waals surface area contributed by atoms with Gasteiger partial charge < -0.3 is 9.84 Å². The number of carbonyl (C=O) groups is 1. The van der Waals surface area contributed by atoms with Gasteiger partial charge in [0.1, 0.15) is 11.6 Å². The SMILES string of the molecule is COCc1nnc2sc(C3CCCC3C(=O)O)nn12. The summed E-state index contributed by atoms with van der Waals surface area (Å²) >= 11 is 1.42. The molecule has 19 heavy (non-hydrogen) atoms. The summed E-state index contributed by atoms with van der Waals surface area (Å²) in [5.74, 6) is -0.412. The Labute approximate surface area is 113 Å². The molecule has 2 aromatic rings. The highest BCUT2D eigenvalue weighted by molar-refractivity contribution is 7.16. The van der Waals surface area contributed by atoms with Crippen LogP contribution in [0.4, 0.5) is 0 Å². The van der Waals surface area contributed by atoms with E-state index in [1.54, 1.807) is 11.6 Å². The second-order valence-electron chi connectivity index (χ2n) is 4.67. The summed E-state index contributed by atoms with van der Waals surface area (Å²) in [7, 11) is 1.59. The molecule has 0 aromatic carbocycles. The van der Waals surface area contributed by atoms with Gasteiger partial charge in [0.15, 0.2) is 5.82 Å². The van der Waals surface area contributed by atoms with E-state index in [4.69, 9.17) is 4.74 Å². The number of aliphatic carboxylic acids is 1. The molecule has 1 aliphatic rings. The molecule has 1 saturated carbocycles. The number of carboxylic acids is 1. The fraction of sp³-hybridized carbons (Fsp3) is 0.636. The van der Waals surface area contributed by atoms with Crippen molar-refractivity contribution in [3.05, 3.63) is 10.8 Å². The molecule has 0 aliphatic heterocycles. The van der Waals surface area contributed by atoms with Crippen molar-refractivity contribution in [2.75, 3.05) is 7.11 Å². The molecule has 0 spiro atoms. The summed E-state index contributed by atoms with van der Waals surface area (Å²) in [4.78, 5) is 11.9. The summed E-state index contributed by atoms with van der Waals surface area (Å²) in [6.07, 6.45) is 2.54. The third-order valence-corrected chi connectivity index (χ3v) is 4.53. The summed E-state index contributed by atoms with van der Waals surface area (Å²) < 4.78 is 6.69. The van der Waals surface area contributed by atoms with Gasteiger partial charge in [0.2, 0.25) is 4.96 Å². The topological polar surface area (TPSA) is 89.6 Å². The first-order valence-electron chi connectivity index (χ1n) is 6.13. The Morgan fingerprint density at radius 2 is 2.37 bits per heavy atom. The number of fused-ring (bicyclic) bond motifs is 1. The van der Waals surface area contributed by atoms with Crippen molar-refractivity contribution in [2.45, 2.75) is 31.8 Å². The van der Waals surface area contributed by atoms with Crippen LogP contribution in [0.1, 0.15) is 36.0 Å². The highest BCUT2D eigenvalue weighted by Gasteiger charge is 2.36. The molecule has 1 fully saturated rings. The molecular formula is C11H14N4O3S. The number of carboxylic acid groups (broad SMARTS) is 1. The number of aromatic nitrogens is 4. The molecule has 2 atom stereocenters. The number of hydrogen-bond donors (Lipinski definition) is 1. The molecule has 1 N–H and O–H groups in total. The third-order valence-electron chi connectivity index (χ3n) is 3.49. The zero-order valence-corrected chi connectivity index (χ0v) is 11.3. The van der Waals surface area contributed by atoms with Gasteiger partial charge in [-0.3, -0.25) is 4.79 Å². The van der Waals surface area contributed by atoms with Gasteiger partial charge in [-0.15, -0.1) is 10.2 Å². The van der Waals surface area contributed by atoms with E-state index in [0.29, 0.717) is 17.4 Å². The molecular weight excluding hydrogens is 268 g/mol. The van der Waals surface area contributed by atoms with Crippen LogP contribution in [0, 0.1) is 5.92 Å². The summed E-state index contributed by atoms with van der Waals surface area (Å²) in [5, 5.41) is 22.6. The van der Waals surface area contributed by atoms with Gasteiger partial charge in [0.25, 0.3) is 0 Å². The van der Waals surface area contributed by atoms with Crippen LogP contribution in [0.25, 0.3) is 4.96 Å². The van der Waals surface area contributed by atoms with Gasteiger partial charge >= 0.3 is 5.97 Å². The lowest BCUT2D eigenvalue weighted by atomic mass is 9.97. The van der Waals surface area contributed by atoms with Crippen molar-refractivity contribution in [2.24, 2.45) is 5.92 Å². The molecule has 8 heteroatoms. The predicted molar refractivity (Wildman–Crippen MR) is 67.1 cm³/mol. The smallest absolute Gasteiger partial charge is 0.307 e. The number of nitrogens with zero attached hydrogens (tertiary/aromatic N) is 4. The largest absolute Gasteiger partial charge is 0.481 e. The summed E-state index contributed by atoms with van der Waals surface area (Å²) in [5.41, 5.74) is 0. The maximum Gasteiger partial charge on any atom is 0.307 e. The van der Waals surface area contributed by atoms with Crippen LogP contribution in [0.2, 0.25) is 0 Å². The fourth-order valence-corrected chi connectivity index (χ4v) is 3.65.